The molecule has 9 rings (SSSR count). The highest BCUT2D eigenvalue weighted by Crippen LogP contribution is 2.75. The third kappa shape index (κ3) is 9.10. The fourth-order valence-electron chi connectivity index (χ4n) is 16.1. The van der Waals surface area contributed by atoms with Crippen molar-refractivity contribution in [2.75, 3.05) is 19.8 Å². The van der Waals surface area contributed by atoms with E-state index in [-0.39, 0.29) is 42.3 Å². The van der Waals surface area contributed by atoms with Gasteiger partial charge in [0.15, 0.2) is 30.8 Å². The van der Waals surface area contributed by atoms with Gasteiger partial charge in [0.05, 0.1) is 44.2 Å². The molecular weight excluding hydrogens is 1000 g/mol. The summed E-state index contributed by atoms with van der Waals surface area (Å²) in [5.74, 6) is -2.35. The molecule has 13 N–H and O–H groups in total. The van der Waals surface area contributed by atoms with Gasteiger partial charge in [-0.2, -0.15) is 0 Å². The average Bonchev–Trinajstić information content (AvgIpc) is 3.36. The van der Waals surface area contributed by atoms with E-state index in [0.29, 0.717) is 32.1 Å². The molecule has 0 aromatic carbocycles. The fourth-order valence-corrected chi connectivity index (χ4v) is 16.1. The smallest absolute Gasteiger partial charge is 0.322 e. The molecule has 29 atom stereocenters. The Hall–Kier alpha value is -1.92. The molecule has 9 aliphatic rings. The molecule has 434 valence electrons. The number of ether oxygens (including phenoxy) is 8. The minimum atomic E-state index is -1.92. The first kappa shape index (κ1) is 58.7. The zero-order chi connectivity index (χ0) is 55.7. The molecule has 8 fully saturated rings. The van der Waals surface area contributed by atoms with Crippen LogP contribution in [0.1, 0.15) is 107 Å². The summed E-state index contributed by atoms with van der Waals surface area (Å²) in [4.78, 5) is 30.9. The first-order valence-electron chi connectivity index (χ1n) is 27.2. The summed E-state index contributed by atoms with van der Waals surface area (Å²) >= 11 is 0. The fraction of sp³-hybridized carbons (Fsp3) is 0.925. The number of ketones is 1. The van der Waals surface area contributed by atoms with Gasteiger partial charge in [-0.3, -0.25) is 9.59 Å². The number of carbonyl (C=O) groups is 2. The van der Waals surface area contributed by atoms with E-state index in [0.717, 1.165) is 5.57 Å². The summed E-state index contributed by atoms with van der Waals surface area (Å²) in [6, 6.07) is 0. The summed E-state index contributed by atoms with van der Waals surface area (Å²) < 4.78 is 47.4. The molecule has 23 nitrogen and oxygen atoms in total. The topological polar surface area (TPSA) is 371 Å². The van der Waals surface area contributed by atoms with Crippen molar-refractivity contribution in [3.05, 3.63) is 11.6 Å². The molecule has 0 radical (unpaired) electrons. The Morgan fingerprint density at radius 3 is 1.93 bits per heavy atom. The van der Waals surface area contributed by atoms with Crippen LogP contribution in [-0.4, -0.2) is 227 Å². The highest BCUT2D eigenvalue weighted by atomic mass is 16.8. The Labute approximate surface area is 442 Å². The second kappa shape index (κ2) is 20.8. The van der Waals surface area contributed by atoms with Crippen LogP contribution >= 0.6 is 0 Å². The van der Waals surface area contributed by atoms with Gasteiger partial charge >= 0.3 is 5.97 Å². The SMILES string of the molecule is C[C@@H]1O[C@@H](O[C@H]2[C@H](OC(=O)[C@]34CCC(C)(C)C[C@H]3C3=CC[C@@H]5[C@@]6(C)C[C@H](O)[C@H](O[C@@H]7O[C@H](CO)[C@@H](O)[C@H](O)[C@H]7O)[C@@](C)(CO)[C@@H]6CC[C@@]5(C)[C@]3(C)CC4=O)O[C@H](C)[C@H](O)[C@@H]2O)[C@H](O)[C@H](O)[C@H]1O[C@@H]1OC[C@@H](O)[C@H](O)[C@H]1O. The molecule has 4 saturated carbocycles. The van der Waals surface area contributed by atoms with E-state index < -0.39 is 188 Å². The lowest BCUT2D eigenvalue weighted by Gasteiger charge is -2.71. The number of aliphatic hydroxyl groups excluding tert-OH is 13. The number of aliphatic hydroxyl groups is 13. The quantitative estimate of drug-likeness (QED) is 0.0477. The van der Waals surface area contributed by atoms with Crippen LogP contribution in [0, 0.1) is 50.2 Å². The molecule has 76 heavy (non-hydrogen) atoms. The van der Waals surface area contributed by atoms with Crippen molar-refractivity contribution in [1.82, 2.24) is 0 Å². The van der Waals surface area contributed by atoms with Gasteiger partial charge in [-0.15, -0.1) is 0 Å². The Morgan fingerprint density at radius 1 is 0.645 bits per heavy atom. The maximum Gasteiger partial charge on any atom is 0.322 e. The lowest BCUT2D eigenvalue weighted by molar-refractivity contribution is -0.373. The number of fused-ring (bicyclic) bond motifs is 7. The zero-order valence-corrected chi connectivity index (χ0v) is 44.6. The lowest BCUT2D eigenvalue weighted by atomic mass is 9.33. The molecule has 0 amide bonds. The molecule has 4 saturated heterocycles. The molecular formula is C53H84O23. The van der Waals surface area contributed by atoms with E-state index in [4.69, 9.17) is 37.9 Å². The van der Waals surface area contributed by atoms with Gasteiger partial charge in [-0.1, -0.05) is 53.2 Å². The van der Waals surface area contributed by atoms with E-state index in [1.54, 1.807) is 0 Å². The molecule has 5 aliphatic carbocycles. The number of rotatable bonds is 10. The van der Waals surface area contributed by atoms with E-state index in [1.165, 1.54) is 13.8 Å². The monoisotopic (exact) mass is 1090 g/mol. The predicted octanol–water partition coefficient (Wildman–Crippen LogP) is -2.22. The first-order chi connectivity index (χ1) is 35.5. The summed E-state index contributed by atoms with van der Waals surface area (Å²) in [6.07, 6.45) is -27.5. The van der Waals surface area contributed by atoms with Gasteiger partial charge in [0.25, 0.3) is 0 Å². The second-order valence-electron chi connectivity index (χ2n) is 25.7. The third-order valence-electron chi connectivity index (χ3n) is 20.8. The highest BCUT2D eigenvalue weighted by molar-refractivity contribution is 6.06. The maximum atomic E-state index is 15.6. The molecule has 23 heteroatoms. The summed E-state index contributed by atoms with van der Waals surface area (Å²) in [6.45, 7) is 13.8. The van der Waals surface area contributed by atoms with Gasteiger partial charge in [-0.05, 0) is 86.9 Å². The van der Waals surface area contributed by atoms with Crippen LogP contribution in [0.3, 0.4) is 0 Å². The van der Waals surface area contributed by atoms with Gasteiger partial charge in [0, 0.05) is 23.2 Å². The van der Waals surface area contributed by atoms with Crippen LogP contribution in [0.15, 0.2) is 11.6 Å². The van der Waals surface area contributed by atoms with Crippen LogP contribution in [0.2, 0.25) is 0 Å². The van der Waals surface area contributed by atoms with E-state index >= 15 is 9.59 Å². The maximum absolute atomic E-state index is 15.6. The van der Waals surface area contributed by atoms with Gasteiger partial charge in [0.2, 0.25) is 6.29 Å². The molecule has 0 spiro atoms. The number of allylic oxidation sites excluding steroid dienone is 2. The van der Waals surface area contributed by atoms with Crippen LogP contribution in [0.25, 0.3) is 0 Å². The normalized spacial score (nSPS) is 55.3. The lowest BCUT2D eigenvalue weighted by Crippen LogP contribution is -2.70. The molecule has 0 unspecified atom stereocenters. The number of hydrogen-bond acceptors (Lipinski definition) is 23. The standard InChI is InChI=1S/C53H84O23/c1-21-31(59)35(63)41(74-44-39(67)36(64)40(22(2)71-44)73-43-37(65)32(60)26(57)19-69-43)46(70-21)76-47(68)53-14-13-48(3,4)15-24(53)23-9-10-29-49(5)16-25(56)42(75-45-38(66)34(62)33(61)27(18-54)72-45)50(6,20-55)28(49)11-12-51(29,7)52(23,8)17-30(53)58/h9,21-22,24-29,31-46,54-57,59-67H,10-20H2,1-8H3/t21-,22+,24+,25+,26-,27-,28-,29-,31+,32+,33-,34+,35+,36+,37-,38-,39-,40+,41-,42+,43+,44+,45+,46+,49+,50+,51-,52-,53-/m1/s1. The average molecular weight is 1090 g/mol. The number of esters is 1. The number of Topliss-reactive ketones (excluding diaryl/α,β-unsaturated/α-hetero) is 1. The second-order valence-corrected chi connectivity index (χ2v) is 25.7. The molecule has 0 bridgehead atoms. The van der Waals surface area contributed by atoms with Crippen molar-refractivity contribution in [3.63, 3.8) is 0 Å². The Morgan fingerprint density at radius 2 is 1.26 bits per heavy atom. The minimum absolute atomic E-state index is 0.0476. The highest BCUT2D eigenvalue weighted by Gasteiger charge is 2.73. The van der Waals surface area contributed by atoms with Crippen molar-refractivity contribution < 1.29 is 114 Å². The summed E-state index contributed by atoms with van der Waals surface area (Å²) in [5, 5.41) is 141. The van der Waals surface area contributed by atoms with Crippen molar-refractivity contribution >= 4 is 11.8 Å². The summed E-state index contributed by atoms with van der Waals surface area (Å²) in [7, 11) is 0. The van der Waals surface area contributed by atoms with Crippen molar-refractivity contribution in [2.45, 2.75) is 236 Å². The van der Waals surface area contributed by atoms with E-state index in [1.807, 2.05) is 6.92 Å². The van der Waals surface area contributed by atoms with Gasteiger partial charge < -0.3 is 104 Å². The van der Waals surface area contributed by atoms with Crippen molar-refractivity contribution in [1.29, 1.82) is 0 Å². The molecule has 0 aromatic heterocycles. The van der Waals surface area contributed by atoms with Crippen molar-refractivity contribution in [2.24, 2.45) is 50.2 Å². The molecule has 0 aromatic rings. The largest absolute Gasteiger partial charge is 0.432 e. The predicted molar refractivity (Wildman–Crippen MR) is 257 cm³/mol. The number of hydrogen-bond donors (Lipinski definition) is 13. The Bertz CT molecular complexity index is 2160. The zero-order valence-electron chi connectivity index (χ0n) is 44.6. The van der Waals surface area contributed by atoms with Crippen LogP contribution in [0.5, 0.6) is 0 Å². The first-order valence-corrected chi connectivity index (χ1v) is 27.2. The van der Waals surface area contributed by atoms with Crippen molar-refractivity contribution in [3.8, 4) is 0 Å². The van der Waals surface area contributed by atoms with Gasteiger partial charge in [0.1, 0.15) is 78.7 Å². The molecule has 4 aliphatic heterocycles. The van der Waals surface area contributed by atoms with Crippen LogP contribution in [-0.2, 0) is 47.5 Å². The van der Waals surface area contributed by atoms with E-state index in [2.05, 4.69) is 40.7 Å². The van der Waals surface area contributed by atoms with Crippen LogP contribution in [0.4, 0.5) is 0 Å². The summed E-state index contributed by atoms with van der Waals surface area (Å²) in [5.41, 5.74) is -4.32. The molecule has 4 heterocycles. The number of carbonyl (C=O) groups excluding carboxylic acids is 2. The van der Waals surface area contributed by atoms with Gasteiger partial charge in [-0.25, -0.2) is 0 Å². The van der Waals surface area contributed by atoms with E-state index in [9.17, 15) is 66.4 Å². The minimum Gasteiger partial charge on any atom is -0.432 e. The van der Waals surface area contributed by atoms with Crippen LogP contribution < -0.4 is 0 Å². The Kier molecular flexibility index (Phi) is 16.1. The third-order valence-corrected chi connectivity index (χ3v) is 20.8. The Balaban J connectivity index is 0.973.